The van der Waals surface area contributed by atoms with E-state index in [0.29, 0.717) is 33.1 Å². The zero-order valence-corrected chi connectivity index (χ0v) is 13.3. The van der Waals surface area contributed by atoms with E-state index in [1.165, 1.54) is 6.33 Å². The quantitative estimate of drug-likeness (QED) is 0.763. The van der Waals surface area contributed by atoms with E-state index in [9.17, 15) is 0 Å². The van der Waals surface area contributed by atoms with E-state index in [0.717, 1.165) is 6.42 Å². The molecule has 0 amide bonds. The van der Waals surface area contributed by atoms with Crippen LogP contribution in [0.5, 0.6) is 0 Å². The van der Waals surface area contributed by atoms with Crippen molar-refractivity contribution in [1.29, 1.82) is 0 Å². The summed E-state index contributed by atoms with van der Waals surface area (Å²) in [5, 5.41) is 7.42. The van der Waals surface area contributed by atoms with E-state index in [1.807, 2.05) is 0 Å². The Bertz CT molecular complexity index is 613. The highest BCUT2D eigenvalue weighted by Crippen LogP contribution is 2.29. The Kier molecular flexibility index (Phi) is 5.09. The lowest BCUT2D eigenvalue weighted by molar-refractivity contribution is 0.759. The van der Waals surface area contributed by atoms with Gasteiger partial charge in [0.25, 0.3) is 0 Å². The van der Waals surface area contributed by atoms with Crippen LogP contribution in [0.1, 0.15) is 20.3 Å². The molecule has 1 aromatic heterocycles. The number of hydrogen-bond acceptors (Lipinski definition) is 5. The van der Waals surface area contributed by atoms with E-state index >= 15 is 0 Å². The minimum atomic E-state index is 0.274. The van der Waals surface area contributed by atoms with Crippen LogP contribution in [-0.2, 0) is 0 Å². The number of anilines is 4. The van der Waals surface area contributed by atoms with Gasteiger partial charge < -0.3 is 16.4 Å². The van der Waals surface area contributed by atoms with Gasteiger partial charge in [-0.2, -0.15) is 0 Å². The number of nitrogens with two attached hydrogens (primary N) is 1. The van der Waals surface area contributed by atoms with Gasteiger partial charge >= 0.3 is 0 Å². The summed E-state index contributed by atoms with van der Waals surface area (Å²) in [6, 6.07) is 5.43. The molecule has 1 aromatic carbocycles. The molecule has 0 saturated carbocycles. The van der Waals surface area contributed by atoms with Gasteiger partial charge in [0.05, 0.1) is 0 Å². The first-order chi connectivity index (χ1) is 9.99. The summed E-state index contributed by atoms with van der Waals surface area (Å²) in [5.41, 5.74) is 7.26. The Balaban J connectivity index is 2.26. The molecule has 2 rings (SSSR count). The van der Waals surface area contributed by atoms with Crippen LogP contribution in [0.4, 0.5) is 23.0 Å². The number of benzene rings is 1. The third kappa shape index (κ3) is 4.12. The average Bonchev–Trinajstić information content (AvgIpc) is 2.42. The molecule has 0 saturated heterocycles. The number of hydrogen-bond donors (Lipinski definition) is 3. The molecule has 5 nitrogen and oxygen atoms in total. The van der Waals surface area contributed by atoms with Crippen molar-refractivity contribution in [1.82, 2.24) is 9.97 Å². The highest BCUT2D eigenvalue weighted by Gasteiger charge is 2.10. The molecular formula is C14H17Cl2N5. The highest BCUT2D eigenvalue weighted by molar-refractivity contribution is 6.35. The number of nitrogen functional groups attached to an aromatic ring is 1. The van der Waals surface area contributed by atoms with Crippen molar-refractivity contribution in [2.24, 2.45) is 0 Å². The summed E-state index contributed by atoms with van der Waals surface area (Å²) in [7, 11) is 0. The first-order valence-electron chi connectivity index (χ1n) is 6.59. The van der Waals surface area contributed by atoms with Gasteiger partial charge in [-0.3, -0.25) is 0 Å². The average molecular weight is 326 g/mol. The van der Waals surface area contributed by atoms with E-state index in [-0.39, 0.29) is 6.04 Å². The van der Waals surface area contributed by atoms with E-state index in [2.05, 4.69) is 34.4 Å². The van der Waals surface area contributed by atoms with Crippen molar-refractivity contribution in [2.45, 2.75) is 26.3 Å². The third-order valence-corrected chi connectivity index (χ3v) is 3.44. The molecule has 21 heavy (non-hydrogen) atoms. The predicted molar refractivity (Wildman–Crippen MR) is 89.6 cm³/mol. The van der Waals surface area contributed by atoms with Crippen molar-refractivity contribution in [3.05, 3.63) is 34.6 Å². The largest absolute Gasteiger partial charge is 0.393 e. The summed E-state index contributed by atoms with van der Waals surface area (Å²) in [6.45, 7) is 4.15. The second-order valence-corrected chi connectivity index (χ2v) is 5.59. The molecule has 7 heteroatoms. The van der Waals surface area contributed by atoms with E-state index in [1.54, 1.807) is 18.2 Å². The van der Waals surface area contributed by atoms with Crippen LogP contribution < -0.4 is 16.4 Å². The van der Waals surface area contributed by atoms with Gasteiger partial charge in [0.1, 0.15) is 12.0 Å². The van der Waals surface area contributed by atoms with Crippen LogP contribution in [0.15, 0.2) is 24.5 Å². The molecule has 0 aliphatic carbocycles. The lowest BCUT2D eigenvalue weighted by Crippen LogP contribution is -2.16. The number of aromatic nitrogens is 2. The predicted octanol–water partition coefficient (Wildman–Crippen LogP) is 4.32. The van der Waals surface area contributed by atoms with Crippen LogP contribution in [0, 0.1) is 0 Å². The summed E-state index contributed by atoms with van der Waals surface area (Å²) < 4.78 is 0. The maximum atomic E-state index is 6.09. The maximum Gasteiger partial charge on any atom is 0.159 e. The van der Waals surface area contributed by atoms with Crippen LogP contribution in [0.25, 0.3) is 0 Å². The van der Waals surface area contributed by atoms with Crippen molar-refractivity contribution < 1.29 is 0 Å². The summed E-state index contributed by atoms with van der Waals surface area (Å²) in [6.07, 6.45) is 2.42. The normalized spacial score (nSPS) is 12.0. The molecule has 1 unspecified atom stereocenters. The van der Waals surface area contributed by atoms with Crippen molar-refractivity contribution in [3.63, 3.8) is 0 Å². The van der Waals surface area contributed by atoms with Crippen LogP contribution in [0.2, 0.25) is 10.0 Å². The summed E-state index contributed by atoms with van der Waals surface area (Å²) >= 11 is 11.9. The molecule has 1 atom stereocenters. The fourth-order valence-electron chi connectivity index (χ4n) is 1.71. The Morgan fingerprint density at radius 2 is 1.76 bits per heavy atom. The summed E-state index contributed by atoms with van der Waals surface area (Å²) in [4.78, 5) is 8.32. The van der Waals surface area contributed by atoms with E-state index in [4.69, 9.17) is 28.9 Å². The van der Waals surface area contributed by atoms with Gasteiger partial charge in [-0.25, -0.2) is 9.97 Å². The Morgan fingerprint density at radius 3 is 2.38 bits per heavy atom. The molecule has 0 fully saturated rings. The van der Waals surface area contributed by atoms with Gasteiger partial charge in [-0.05, 0) is 31.5 Å². The Labute approximate surface area is 133 Å². The Hall–Kier alpha value is -1.72. The number of nitrogens with zero attached hydrogens (tertiary/aromatic N) is 2. The zero-order valence-electron chi connectivity index (χ0n) is 11.8. The number of nitrogens with one attached hydrogen (secondary N) is 2. The maximum absolute atomic E-state index is 6.09. The van der Waals surface area contributed by atoms with Crippen LogP contribution >= 0.6 is 23.2 Å². The van der Waals surface area contributed by atoms with Gasteiger partial charge in [-0.1, -0.05) is 30.1 Å². The molecule has 2 aromatic rings. The first kappa shape index (κ1) is 15.7. The van der Waals surface area contributed by atoms with Gasteiger partial charge in [-0.15, -0.1) is 0 Å². The fourth-order valence-corrected chi connectivity index (χ4v) is 2.23. The topological polar surface area (TPSA) is 75.9 Å². The van der Waals surface area contributed by atoms with Crippen LogP contribution in [-0.4, -0.2) is 16.0 Å². The first-order valence-corrected chi connectivity index (χ1v) is 7.35. The SMILES string of the molecule is CCC(C)Nc1ncnc(Nc2cc(Cl)cc(Cl)c2)c1N. The van der Waals surface area contributed by atoms with Crippen molar-refractivity contribution in [3.8, 4) is 0 Å². The molecule has 112 valence electrons. The van der Waals surface area contributed by atoms with E-state index < -0.39 is 0 Å². The molecule has 0 aliphatic rings. The zero-order chi connectivity index (χ0) is 15.4. The molecule has 0 bridgehead atoms. The monoisotopic (exact) mass is 325 g/mol. The third-order valence-electron chi connectivity index (χ3n) is 3.00. The number of halogens is 2. The number of rotatable bonds is 5. The molecule has 1 heterocycles. The molecule has 0 spiro atoms. The van der Waals surface area contributed by atoms with Crippen LogP contribution in [0.3, 0.4) is 0 Å². The fraction of sp³-hybridized carbons (Fsp3) is 0.286. The molecule has 0 radical (unpaired) electrons. The molecule has 4 N–H and O–H groups in total. The van der Waals surface area contributed by atoms with Gasteiger partial charge in [0.2, 0.25) is 0 Å². The Morgan fingerprint density at radius 1 is 1.14 bits per heavy atom. The molecule has 0 aliphatic heterocycles. The summed E-state index contributed by atoms with van der Waals surface area (Å²) in [5.74, 6) is 1.11. The van der Waals surface area contributed by atoms with Crippen molar-refractivity contribution in [2.75, 3.05) is 16.4 Å². The van der Waals surface area contributed by atoms with Crippen molar-refractivity contribution >= 4 is 46.2 Å². The molecular weight excluding hydrogens is 309 g/mol. The smallest absolute Gasteiger partial charge is 0.159 e. The highest BCUT2D eigenvalue weighted by atomic mass is 35.5. The standard InChI is InChI=1S/C14H17Cl2N5/c1-3-8(2)20-13-12(17)14(19-7-18-13)21-11-5-9(15)4-10(16)6-11/h4-8H,3,17H2,1-2H3,(H2,18,19,20,21). The minimum absolute atomic E-state index is 0.274. The van der Waals surface area contributed by atoms with Gasteiger partial charge in [0, 0.05) is 21.8 Å². The second-order valence-electron chi connectivity index (χ2n) is 4.72. The van der Waals surface area contributed by atoms with Gasteiger partial charge in [0.15, 0.2) is 11.6 Å². The lowest BCUT2D eigenvalue weighted by Gasteiger charge is -2.16. The lowest BCUT2D eigenvalue weighted by atomic mass is 10.2. The second kappa shape index (κ2) is 6.83. The minimum Gasteiger partial charge on any atom is -0.393 e.